The summed E-state index contributed by atoms with van der Waals surface area (Å²) in [6.07, 6.45) is 0. The fourth-order valence-corrected chi connectivity index (χ4v) is 1.47. The molecule has 0 saturated heterocycles. The van der Waals surface area contributed by atoms with Crippen LogP contribution in [-0.4, -0.2) is 4.61 Å². The largest absolute Gasteiger partial charge is 0.483 e. The van der Waals surface area contributed by atoms with E-state index in [1.54, 1.807) is 0 Å². The molecule has 0 unspecified atom stereocenters. The topological polar surface area (TPSA) is 9.23 Å². The monoisotopic (exact) mass is 290 g/mol. The van der Waals surface area contributed by atoms with Gasteiger partial charge < -0.3 is 4.74 Å². The zero-order valence-electron chi connectivity index (χ0n) is 8.30. The number of halogens is 1. The van der Waals surface area contributed by atoms with Gasteiger partial charge in [-0.15, -0.1) is 0 Å². The lowest BCUT2D eigenvalue weighted by atomic mass is 9.87. The summed E-state index contributed by atoms with van der Waals surface area (Å²) in [6, 6.07) is 8.31. The molecular formula is C11H15IO. The van der Waals surface area contributed by atoms with Crippen molar-refractivity contribution in [3.05, 3.63) is 29.8 Å². The number of alkyl halides is 1. The molecule has 0 saturated carbocycles. The van der Waals surface area contributed by atoms with Gasteiger partial charge in [-0.05, 0) is 45.7 Å². The molecule has 13 heavy (non-hydrogen) atoms. The summed E-state index contributed by atoms with van der Waals surface area (Å²) in [5, 5.41) is 0. The van der Waals surface area contributed by atoms with Gasteiger partial charge in [-0.25, -0.2) is 0 Å². The Hall–Kier alpha value is -0.250. The van der Waals surface area contributed by atoms with Crippen LogP contribution in [0.25, 0.3) is 0 Å². The maximum absolute atomic E-state index is 5.36. The van der Waals surface area contributed by atoms with Crippen LogP contribution in [0.15, 0.2) is 24.3 Å². The van der Waals surface area contributed by atoms with Gasteiger partial charge in [-0.3, -0.25) is 0 Å². The summed E-state index contributed by atoms with van der Waals surface area (Å²) < 4.78 is 6.06. The first kappa shape index (κ1) is 10.8. The molecule has 1 rings (SSSR count). The van der Waals surface area contributed by atoms with E-state index in [0.29, 0.717) is 4.61 Å². The molecule has 1 aromatic rings. The van der Waals surface area contributed by atoms with Crippen LogP contribution < -0.4 is 4.74 Å². The molecule has 0 fully saturated rings. The van der Waals surface area contributed by atoms with Crippen LogP contribution in [0.4, 0.5) is 0 Å². The predicted octanol–water partition coefficient (Wildman–Crippen LogP) is 3.76. The van der Waals surface area contributed by atoms with Crippen molar-refractivity contribution in [1.82, 2.24) is 0 Å². The van der Waals surface area contributed by atoms with Crippen LogP contribution in [0, 0.1) is 0 Å². The minimum absolute atomic E-state index is 0.225. The highest BCUT2D eigenvalue weighted by Gasteiger charge is 2.12. The molecule has 0 heterocycles. The van der Waals surface area contributed by atoms with Gasteiger partial charge in [0.1, 0.15) is 10.4 Å². The van der Waals surface area contributed by atoms with Crippen molar-refractivity contribution >= 4 is 22.6 Å². The summed E-state index contributed by atoms with van der Waals surface area (Å²) in [4.78, 5) is 0. The van der Waals surface area contributed by atoms with Gasteiger partial charge in [-0.1, -0.05) is 32.9 Å². The molecule has 0 aliphatic carbocycles. The first-order valence-electron chi connectivity index (χ1n) is 4.33. The summed E-state index contributed by atoms with van der Waals surface area (Å²) in [7, 11) is 0. The second-order valence-electron chi connectivity index (χ2n) is 4.03. The van der Waals surface area contributed by atoms with E-state index in [-0.39, 0.29) is 5.41 Å². The third kappa shape index (κ3) is 3.18. The molecular weight excluding hydrogens is 275 g/mol. The lowest BCUT2D eigenvalue weighted by Gasteiger charge is -2.18. The Morgan fingerprint density at radius 2 is 1.69 bits per heavy atom. The SMILES string of the molecule is CC(C)(C)c1ccc(OCI)cc1. The normalized spacial score (nSPS) is 11.4. The average molecular weight is 290 g/mol. The molecule has 0 N–H and O–H groups in total. The number of rotatable bonds is 2. The maximum Gasteiger partial charge on any atom is 0.139 e. The Balaban J connectivity index is 2.81. The fraction of sp³-hybridized carbons (Fsp3) is 0.455. The van der Waals surface area contributed by atoms with Crippen LogP contribution in [0.2, 0.25) is 0 Å². The van der Waals surface area contributed by atoms with Crippen molar-refractivity contribution < 1.29 is 4.74 Å². The van der Waals surface area contributed by atoms with Gasteiger partial charge in [-0.2, -0.15) is 0 Å². The molecule has 1 nitrogen and oxygen atoms in total. The molecule has 1 aromatic carbocycles. The second kappa shape index (κ2) is 4.31. The zero-order valence-corrected chi connectivity index (χ0v) is 10.5. The Morgan fingerprint density at radius 1 is 1.15 bits per heavy atom. The van der Waals surface area contributed by atoms with E-state index in [1.807, 2.05) is 12.1 Å². The van der Waals surface area contributed by atoms with Crippen LogP contribution in [0.3, 0.4) is 0 Å². The molecule has 72 valence electrons. The highest BCUT2D eigenvalue weighted by molar-refractivity contribution is 14.1. The van der Waals surface area contributed by atoms with Crippen LogP contribution >= 0.6 is 22.6 Å². The van der Waals surface area contributed by atoms with E-state index >= 15 is 0 Å². The van der Waals surface area contributed by atoms with Gasteiger partial charge in [0, 0.05) is 0 Å². The summed E-state index contributed by atoms with van der Waals surface area (Å²) in [5.41, 5.74) is 1.57. The van der Waals surface area contributed by atoms with Crippen molar-refractivity contribution in [2.75, 3.05) is 4.61 Å². The van der Waals surface area contributed by atoms with Crippen LogP contribution in [0.1, 0.15) is 26.3 Å². The van der Waals surface area contributed by atoms with Gasteiger partial charge in [0.15, 0.2) is 0 Å². The Morgan fingerprint density at radius 3 is 2.08 bits per heavy atom. The summed E-state index contributed by atoms with van der Waals surface area (Å²) in [6.45, 7) is 6.63. The number of hydrogen-bond donors (Lipinski definition) is 0. The van der Waals surface area contributed by atoms with Crippen LogP contribution in [-0.2, 0) is 5.41 Å². The number of hydrogen-bond acceptors (Lipinski definition) is 1. The summed E-state index contributed by atoms with van der Waals surface area (Å²) >= 11 is 2.19. The molecule has 0 aliphatic heterocycles. The smallest absolute Gasteiger partial charge is 0.139 e. The lowest BCUT2D eigenvalue weighted by Crippen LogP contribution is -2.10. The zero-order chi connectivity index (χ0) is 9.90. The minimum atomic E-state index is 0.225. The molecule has 0 amide bonds. The van der Waals surface area contributed by atoms with E-state index in [2.05, 4.69) is 55.5 Å². The van der Waals surface area contributed by atoms with Gasteiger partial charge >= 0.3 is 0 Å². The predicted molar refractivity (Wildman–Crippen MR) is 64.7 cm³/mol. The van der Waals surface area contributed by atoms with Gasteiger partial charge in [0.25, 0.3) is 0 Å². The molecule has 0 spiro atoms. The van der Waals surface area contributed by atoms with E-state index in [1.165, 1.54) is 5.56 Å². The standard InChI is InChI=1S/C11H15IO/c1-11(2,3)9-4-6-10(7-5-9)13-8-12/h4-7H,8H2,1-3H3. The van der Waals surface area contributed by atoms with Gasteiger partial charge in [0.2, 0.25) is 0 Å². The minimum Gasteiger partial charge on any atom is -0.483 e. The molecule has 2 heteroatoms. The molecule has 0 radical (unpaired) electrons. The van der Waals surface area contributed by atoms with Crippen molar-refractivity contribution in [2.24, 2.45) is 0 Å². The third-order valence-corrected chi connectivity index (χ3v) is 2.25. The molecule has 0 aromatic heterocycles. The van der Waals surface area contributed by atoms with E-state index < -0.39 is 0 Å². The fourth-order valence-electron chi connectivity index (χ4n) is 1.11. The number of ether oxygens (including phenoxy) is 1. The van der Waals surface area contributed by atoms with Crippen molar-refractivity contribution in [3.63, 3.8) is 0 Å². The third-order valence-electron chi connectivity index (χ3n) is 1.94. The summed E-state index contributed by atoms with van der Waals surface area (Å²) in [5.74, 6) is 0.947. The second-order valence-corrected chi connectivity index (χ2v) is 4.65. The van der Waals surface area contributed by atoms with Crippen molar-refractivity contribution in [2.45, 2.75) is 26.2 Å². The van der Waals surface area contributed by atoms with Crippen molar-refractivity contribution in [3.8, 4) is 5.75 Å². The lowest BCUT2D eigenvalue weighted by molar-refractivity contribution is 0.404. The Kier molecular flexibility index (Phi) is 3.59. The first-order valence-corrected chi connectivity index (χ1v) is 5.86. The Bertz CT molecular complexity index is 258. The molecule has 0 bridgehead atoms. The van der Waals surface area contributed by atoms with Crippen molar-refractivity contribution in [1.29, 1.82) is 0 Å². The molecule has 0 aliphatic rings. The quantitative estimate of drug-likeness (QED) is 0.595. The highest BCUT2D eigenvalue weighted by Crippen LogP contribution is 2.24. The van der Waals surface area contributed by atoms with Crippen LogP contribution in [0.5, 0.6) is 5.75 Å². The Labute approximate surface area is 93.6 Å². The van der Waals surface area contributed by atoms with E-state index in [0.717, 1.165) is 5.75 Å². The van der Waals surface area contributed by atoms with E-state index in [9.17, 15) is 0 Å². The van der Waals surface area contributed by atoms with E-state index in [4.69, 9.17) is 4.74 Å². The number of benzene rings is 1. The highest BCUT2D eigenvalue weighted by atomic mass is 127. The maximum atomic E-state index is 5.36. The first-order chi connectivity index (χ1) is 6.04. The molecule has 0 atom stereocenters. The average Bonchev–Trinajstić information content (AvgIpc) is 2.04. The van der Waals surface area contributed by atoms with Gasteiger partial charge in [0.05, 0.1) is 0 Å².